The van der Waals surface area contributed by atoms with Gasteiger partial charge in [-0.2, -0.15) is 0 Å². The number of hydrogen-bond donors (Lipinski definition) is 0. The first-order valence-corrected chi connectivity index (χ1v) is 8.99. The van der Waals surface area contributed by atoms with E-state index in [-0.39, 0.29) is 23.4 Å². The van der Waals surface area contributed by atoms with Crippen LogP contribution in [-0.4, -0.2) is 46.8 Å². The highest BCUT2D eigenvalue weighted by Gasteiger charge is 2.48. The lowest BCUT2D eigenvalue weighted by Gasteiger charge is -2.51. The van der Waals surface area contributed by atoms with Gasteiger partial charge in [0.15, 0.2) is 0 Å². The van der Waals surface area contributed by atoms with Crippen LogP contribution in [-0.2, 0) is 16.0 Å². The molecule has 1 aromatic rings. The van der Waals surface area contributed by atoms with Crippen LogP contribution in [0.4, 0.5) is 0 Å². The Balaban J connectivity index is 1.83. The Labute approximate surface area is 136 Å². The average molecular weight is 320 g/mol. The van der Waals surface area contributed by atoms with Crippen LogP contribution in [0.25, 0.3) is 0 Å². The zero-order valence-electron chi connectivity index (χ0n) is 13.4. The largest absolute Gasteiger partial charge is 0.338 e. The van der Waals surface area contributed by atoms with Crippen LogP contribution in [0.5, 0.6) is 0 Å². The minimum absolute atomic E-state index is 0.158. The van der Waals surface area contributed by atoms with Crippen LogP contribution in [0, 0.1) is 0 Å². The second-order valence-electron chi connectivity index (χ2n) is 6.66. The topological polar surface area (TPSA) is 40.6 Å². The molecule has 5 heteroatoms. The molecule has 1 aromatic heterocycles. The third-order valence-electron chi connectivity index (χ3n) is 5.42. The van der Waals surface area contributed by atoms with E-state index in [9.17, 15) is 9.59 Å². The van der Waals surface area contributed by atoms with E-state index in [0.29, 0.717) is 12.8 Å². The Morgan fingerprint density at radius 3 is 3.00 bits per heavy atom. The summed E-state index contributed by atoms with van der Waals surface area (Å²) >= 11 is 1.64. The summed E-state index contributed by atoms with van der Waals surface area (Å²) in [6.07, 6.45) is 4.94. The van der Waals surface area contributed by atoms with Gasteiger partial charge in [0.25, 0.3) is 0 Å². The SMILES string of the molecule is CN1C(=O)CC[C@@H]2N(C(=O)Cc3cccs3)CCCC[C@@]21C. The van der Waals surface area contributed by atoms with Crippen LogP contribution < -0.4 is 0 Å². The molecule has 0 N–H and O–H groups in total. The monoisotopic (exact) mass is 320 g/mol. The highest BCUT2D eigenvalue weighted by Crippen LogP contribution is 2.38. The van der Waals surface area contributed by atoms with Crippen molar-refractivity contribution < 1.29 is 9.59 Å². The number of nitrogens with zero attached hydrogens (tertiary/aromatic N) is 2. The molecule has 22 heavy (non-hydrogen) atoms. The number of carbonyl (C=O) groups is 2. The number of piperidine rings is 1. The van der Waals surface area contributed by atoms with E-state index < -0.39 is 0 Å². The molecular formula is C17H24N2O2S. The summed E-state index contributed by atoms with van der Waals surface area (Å²) in [7, 11) is 1.90. The molecule has 0 radical (unpaired) electrons. The molecule has 2 aliphatic rings. The third kappa shape index (κ3) is 2.67. The molecule has 3 heterocycles. The Kier molecular flexibility index (Phi) is 4.26. The molecular weight excluding hydrogens is 296 g/mol. The Bertz CT molecular complexity index is 557. The predicted octanol–water partition coefficient (Wildman–Crippen LogP) is 2.68. The van der Waals surface area contributed by atoms with E-state index in [1.807, 2.05) is 29.5 Å². The fourth-order valence-corrected chi connectivity index (χ4v) is 4.65. The van der Waals surface area contributed by atoms with Crippen LogP contribution in [0.3, 0.4) is 0 Å². The lowest BCUT2D eigenvalue weighted by atomic mass is 9.79. The second kappa shape index (κ2) is 6.03. The minimum Gasteiger partial charge on any atom is -0.338 e. The number of likely N-dealkylation sites (tertiary alicyclic amines) is 2. The molecule has 0 spiro atoms. The van der Waals surface area contributed by atoms with Gasteiger partial charge >= 0.3 is 0 Å². The highest BCUT2D eigenvalue weighted by molar-refractivity contribution is 7.10. The number of carbonyl (C=O) groups excluding carboxylic acids is 2. The van der Waals surface area contributed by atoms with E-state index in [1.54, 1.807) is 11.3 Å². The molecule has 120 valence electrons. The van der Waals surface area contributed by atoms with E-state index in [2.05, 4.69) is 11.8 Å². The van der Waals surface area contributed by atoms with Gasteiger partial charge in [-0.1, -0.05) is 6.07 Å². The van der Waals surface area contributed by atoms with E-state index in [1.165, 1.54) is 0 Å². The van der Waals surface area contributed by atoms with Crippen LogP contribution >= 0.6 is 11.3 Å². The van der Waals surface area contributed by atoms with Gasteiger partial charge in [0.2, 0.25) is 11.8 Å². The highest BCUT2D eigenvalue weighted by atomic mass is 32.1. The maximum Gasteiger partial charge on any atom is 0.228 e. The van der Waals surface area contributed by atoms with Gasteiger partial charge in [-0.3, -0.25) is 9.59 Å². The molecule has 2 atom stereocenters. The lowest BCUT2D eigenvalue weighted by molar-refractivity contribution is -0.150. The molecule has 3 rings (SSSR count). The van der Waals surface area contributed by atoms with Crippen molar-refractivity contribution in [3.05, 3.63) is 22.4 Å². The van der Waals surface area contributed by atoms with Crippen molar-refractivity contribution in [1.29, 1.82) is 0 Å². The molecule has 4 nitrogen and oxygen atoms in total. The summed E-state index contributed by atoms with van der Waals surface area (Å²) in [4.78, 5) is 30.0. The van der Waals surface area contributed by atoms with E-state index in [0.717, 1.165) is 37.1 Å². The molecule has 0 saturated carbocycles. The molecule has 2 aliphatic heterocycles. The molecule has 0 unspecified atom stereocenters. The van der Waals surface area contributed by atoms with Crippen molar-refractivity contribution in [2.24, 2.45) is 0 Å². The number of hydrogen-bond acceptors (Lipinski definition) is 3. The van der Waals surface area contributed by atoms with Gasteiger partial charge in [-0.15, -0.1) is 11.3 Å². The second-order valence-corrected chi connectivity index (χ2v) is 7.70. The normalized spacial score (nSPS) is 29.2. The van der Waals surface area contributed by atoms with Gasteiger partial charge in [0.1, 0.15) is 0 Å². The number of rotatable bonds is 2. The van der Waals surface area contributed by atoms with Gasteiger partial charge < -0.3 is 9.80 Å². The zero-order chi connectivity index (χ0) is 15.7. The summed E-state index contributed by atoms with van der Waals surface area (Å²) in [6.45, 7) is 2.98. The smallest absolute Gasteiger partial charge is 0.228 e. The predicted molar refractivity (Wildman–Crippen MR) is 87.8 cm³/mol. The zero-order valence-corrected chi connectivity index (χ0v) is 14.2. The van der Waals surface area contributed by atoms with Crippen LogP contribution in [0.15, 0.2) is 17.5 Å². The van der Waals surface area contributed by atoms with Crippen molar-refractivity contribution in [3.63, 3.8) is 0 Å². The Morgan fingerprint density at radius 2 is 2.27 bits per heavy atom. The Hall–Kier alpha value is -1.36. The van der Waals surface area contributed by atoms with Crippen molar-refractivity contribution in [1.82, 2.24) is 9.80 Å². The van der Waals surface area contributed by atoms with E-state index >= 15 is 0 Å². The van der Waals surface area contributed by atoms with Gasteiger partial charge in [0, 0.05) is 24.9 Å². The molecule has 2 fully saturated rings. The summed E-state index contributed by atoms with van der Waals surface area (Å²) in [5, 5.41) is 2.02. The first-order chi connectivity index (χ1) is 10.5. The van der Waals surface area contributed by atoms with Crippen molar-refractivity contribution >= 4 is 23.2 Å². The number of amides is 2. The van der Waals surface area contributed by atoms with Crippen molar-refractivity contribution in [2.45, 2.75) is 57.0 Å². The number of fused-ring (bicyclic) bond motifs is 1. The van der Waals surface area contributed by atoms with Crippen molar-refractivity contribution in [3.8, 4) is 0 Å². The van der Waals surface area contributed by atoms with Gasteiger partial charge in [0.05, 0.1) is 18.0 Å². The molecule has 0 aromatic carbocycles. The van der Waals surface area contributed by atoms with Crippen molar-refractivity contribution in [2.75, 3.05) is 13.6 Å². The average Bonchev–Trinajstić information content (AvgIpc) is 2.92. The molecule has 0 aliphatic carbocycles. The molecule has 2 amide bonds. The third-order valence-corrected chi connectivity index (χ3v) is 6.30. The fraction of sp³-hybridized carbons (Fsp3) is 0.647. The van der Waals surface area contributed by atoms with Gasteiger partial charge in [-0.05, 0) is 44.1 Å². The number of thiophene rings is 1. The van der Waals surface area contributed by atoms with Crippen LogP contribution in [0.1, 0.15) is 43.9 Å². The molecule has 2 saturated heterocycles. The maximum atomic E-state index is 12.8. The van der Waals surface area contributed by atoms with E-state index in [4.69, 9.17) is 0 Å². The quantitative estimate of drug-likeness (QED) is 0.840. The summed E-state index contributed by atoms with van der Waals surface area (Å²) in [5.41, 5.74) is -0.211. The number of likely N-dealkylation sites (N-methyl/N-ethyl adjacent to an activating group) is 1. The van der Waals surface area contributed by atoms with Gasteiger partial charge in [-0.25, -0.2) is 0 Å². The van der Waals surface area contributed by atoms with Crippen LogP contribution in [0.2, 0.25) is 0 Å². The summed E-state index contributed by atoms with van der Waals surface area (Å²) in [5.74, 6) is 0.426. The lowest BCUT2D eigenvalue weighted by Crippen LogP contribution is -2.64. The minimum atomic E-state index is -0.211. The first kappa shape index (κ1) is 15.5. The fourth-order valence-electron chi connectivity index (χ4n) is 3.96. The summed E-state index contributed by atoms with van der Waals surface area (Å²) in [6, 6.07) is 4.17. The standard InChI is InChI=1S/C17H24N2O2S/c1-17-9-3-4-10-19(14(17)7-8-15(20)18(17)2)16(21)12-13-6-5-11-22-13/h5-6,11,14H,3-4,7-10,12H2,1-2H3/t14-,17-/m0/s1. The maximum absolute atomic E-state index is 12.8. The molecule has 0 bridgehead atoms. The Morgan fingerprint density at radius 1 is 1.45 bits per heavy atom. The summed E-state index contributed by atoms with van der Waals surface area (Å²) < 4.78 is 0. The first-order valence-electron chi connectivity index (χ1n) is 8.11.